The topological polar surface area (TPSA) is 145 Å². The number of nitro benzene ring substituents is 1. The Kier molecular flexibility index (Phi) is 6.86. The highest BCUT2D eigenvalue weighted by Crippen LogP contribution is 2.38. The van der Waals surface area contributed by atoms with Crippen molar-refractivity contribution >= 4 is 29.1 Å². The molecule has 2 aromatic heterocycles. The van der Waals surface area contributed by atoms with E-state index in [0.29, 0.717) is 49.2 Å². The summed E-state index contributed by atoms with van der Waals surface area (Å²) < 4.78 is 29.4. The number of fused-ring (bicyclic) bond motifs is 2. The van der Waals surface area contributed by atoms with E-state index in [0.717, 1.165) is 11.3 Å². The summed E-state index contributed by atoms with van der Waals surface area (Å²) in [5.41, 5.74) is 1.35. The minimum absolute atomic E-state index is 0.0814. The number of non-ortho nitro benzene ring substituents is 1. The van der Waals surface area contributed by atoms with E-state index < -0.39 is 16.9 Å². The average molecular weight is 590 g/mol. The minimum Gasteiger partial charge on any atom is -0.496 e. The van der Waals surface area contributed by atoms with Crippen molar-refractivity contribution in [1.82, 2.24) is 4.57 Å². The molecule has 0 spiro atoms. The first kappa shape index (κ1) is 27.0. The Balaban J connectivity index is 1.45. The highest BCUT2D eigenvalue weighted by Gasteiger charge is 2.34. The number of carbonyl (C=O) groups excluding carboxylic acids is 1. The largest absolute Gasteiger partial charge is 0.496 e. The van der Waals surface area contributed by atoms with Crippen LogP contribution in [0.3, 0.4) is 0 Å². The Bertz CT molecular complexity index is 1970. The number of rotatable bonds is 7. The second kappa shape index (κ2) is 10.7. The maximum Gasteiger partial charge on any atom is 0.338 e. The lowest BCUT2D eigenvalue weighted by Crippen LogP contribution is -2.39. The predicted molar refractivity (Wildman–Crippen MR) is 150 cm³/mol. The second-order valence-electron chi connectivity index (χ2n) is 9.26. The van der Waals surface area contributed by atoms with Gasteiger partial charge in [-0.1, -0.05) is 17.4 Å². The van der Waals surface area contributed by atoms with Gasteiger partial charge < -0.3 is 23.4 Å². The van der Waals surface area contributed by atoms with Gasteiger partial charge in [-0.2, -0.15) is 0 Å². The van der Waals surface area contributed by atoms with Crippen molar-refractivity contribution in [3.05, 3.63) is 101 Å². The molecule has 214 valence electrons. The van der Waals surface area contributed by atoms with Crippen LogP contribution in [-0.2, 0) is 9.53 Å². The molecule has 6 rings (SSSR count). The monoisotopic (exact) mass is 589 g/mol. The molecule has 0 unspecified atom stereocenters. The third-order valence-corrected chi connectivity index (χ3v) is 7.77. The summed E-state index contributed by atoms with van der Waals surface area (Å²) in [6.07, 6.45) is 1.59. The second-order valence-corrected chi connectivity index (χ2v) is 10.3. The first-order valence-corrected chi connectivity index (χ1v) is 13.6. The van der Waals surface area contributed by atoms with E-state index in [1.807, 2.05) is 0 Å². The van der Waals surface area contributed by atoms with E-state index in [-0.39, 0.29) is 36.0 Å². The minimum atomic E-state index is -0.812. The Morgan fingerprint density at radius 1 is 1.19 bits per heavy atom. The van der Waals surface area contributed by atoms with E-state index in [9.17, 15) is 19.7 Å². The van der Waals surface area contributed by atoms with Crippen LogP contribution in [0.2, 0.25) is 0 Å². The molecular formula is C29H23N3O9S. The molecule has 1 atom stereocenters. The number of aromatic nitrogens is 1. The number of nitro groups is 1. The molecule has 4 heterocycles. The number of furan rings is 1. The van der Waals surface area contributed by atoms with Crippen molar-refractivity contribution in [3.63, 3.8) is 0 Å². The Morgan fingerprint density at radius 3 is 2.76 bits per heavy atom. The predicted octanol–water partition coefficient (Wildman–Crippen LogP) is 3.70. The molecule has 0 bridgehead atoms. The van der Waals surface area contributed by atoms with Crippen LogP contribution >= 0.6 is 11.3 Å². The number of benzene rings is 2. The van der Waals surface area contributed by atoms with Crippen LogP contribution < -0.4 is 29.1 Å². The number of allylic oxidation sites excluding steroid dienone is 1. The number of hydrogen-bond donors (Lipinski definition) is 0. The molecule has 0 saturated heterocycles. The zero-order valence-corrected chi connectivity index (χ0v) is 23.4. The average Bonchev–Trinajstić information content (AvgIpc) is 3.71. The van der Waals surface area contributed by atoms with Gasteiger partial charge in [0.2, 0.25) is 6.79 Å². The van der Waals surface area contributed by atoms with Crippen LogP contribution in [0, 0.1) is 10.1 Å². The number of thiazole rings is 1. The third kappa shape index (κ3) is 4.63. The molecule has 0 amide bonds. The standard InChI is InChI=1S/C29H23N3O9S/c1-4-38-28(34)25-15(2)30-29-31(26(25)16-5-9-21-23(11-16)40-14-39-21)27(33)24(42-29)13-18-7-10-20(41-18)19-8-6-17(32(35)36)12-22(19)37-3/h5-13,26H,4,14H2,1-3H3/b24-13-/t26-/m0/s1. The molecule has 13 heteroatoms. The van der Waals surface area contributed by atoms with Crippen molar-refractivity contribution < 1.29 is 33.1 Å². The SMILES string of the molecule is CCOC(=O)C1=C(C)N=c2s/c(=C\c3ccc(-c4ccc([N+](=O)[O-])cc4OC)o3)c(=O)n2[C@H]1c1ccc2c(c1)OCO2. The molecule has 0 radical (unpaired) electrons. The number of nitrogens with zero attached hydrogens (tertiary/aromatic N) is 3. The molecule has 0 fully saturated rings. The highest BCUT2D eigenvalue weighted by atomic mass is 32.1. The molecule has 2 aromatic carbocycles. The van der Waals surface area contributed by atoms with Crippen LogP contribution in [0.15, 0.2) is 74.0 Å². The van der Waals surface area contributed by atoms with Crippen molar-refractivity contribution in [2.75, 3.05) is 20.5 Å². The molecule has 0 N–H and O–H groups in total. The van der Waals surface area contributed by atoms with Crippen LogP contribution in [-0.4, -0.2) is 36.0 Å². The molecule has 12 nitrogen and oxygen atoms in total. The number of esters is 1. The number of hydrogen-bond acceptors (Lipinski definition) is 11. The summed E-state index contributed by atoms with van der Waals surface area (Å²) in [6, 6.07) is 12.0. The fourth-order valence-electron chi connectivity index (χ4n) is 4.89. The van der Waals surface area contributed by atoms with Crippen molar-refractivity contribution in [3.8, 4) is 28.6 Å². The van der Waals surface area contributed by atoms with Crippen LogP contribution in [0.4, 0.5) is 5.69 Å². The lowest BCUT2D eigenvalue weighted by Gasteiger charge is -2.24. The summed E-state index contributed by atoms with van der Waals surface area (Å²) >= 11 is 1.16. The maximum absolute atomic E-state index is 13.9. The molecule has 2 aliphatic rings. The molecule has 0 aliphatic carbocycles. The lowest BCUT2D eigenvalue weighted by atomic mass is 9.95. The summed E-state index contributed by atoms with van der Waals surface area (Å²) in [6.45, 7) is 3.66. The van der Waals surface area contributed by atoms with Gasteiger partial charge in [-0.3, -0.25) is 19.5 Å². The van der Waals surface area contributed by atoms with E-state index in [1.165, 1.54) is 23.8 Å². The fraction of sp³-hybridized carbons (Fsp3) is 0.207. The van der Waals surface area contributed by atoms with Crippen LogP contribution in [0.5, 0.6) is 17.2 Å². The summed E-state index contributed by atoms with van der Waals surface area (Å²) in [7, 11) is 1.41. The number of ether oxygens (including phenoxy) is 4. The van der Waals surface area contributed by atoms with E-state index in [1.54, 1.807) is 56.3 Å². The molecule has 2 aliphatic heterocycles. The van der Waals surface area contributed by atoms with Gasteiger partial charge in [-0.25, -0.2) is 9.79 Å². The van der Waals surface area contributed by atoms with Gasteiger partial charge in [-0.05, 0) is 49.7 Å². The zero-order chi connectivity index (χ0) is 29.5. The van der Waals surface area contributed by atoms with Gasteiger partial charge in [0.1, 0.15) is 17.3 Å². The van der Waals surface area contributed by atoms with E-state index >= 15 is 0 Å². The van der Waals surface area contributed by atoms with Gasteiger partial charge in [0.05, 0.1) is 52.1 Å². The first-order chi connectivity index (χ1) is 20.3. The smallest absolute Gasteiger partial charge is 0.338 e. The molecule has 4 aromatic rings. The maximum atomic E-state index is 13.9. The van der Waals surface area contributed by atoms with E-state index in [2.05, 4.69) is 4.99 Å². The quantitative estimate of drug-likeness (QED) is 0.179. The summed E-state index contributed by atoms with van der Waals surface area (Å²) in [4.78, 5) is 42.6. The van der Waals surface area contributed by atoms with Crippen LogP contribution in [0.25, 0.3) is 17.4 Å². The highest BCUT2D eigenvalue weighted by molar-refractivity contribution is 7.07. The summed E-state index contributed by atoms with van der Waals surface area (Å²) in [5, 5.41) is 11.2. The van der Waals surface area contributed by atoms with Crippen molar-refractivity contribution in [2.24, 2.45) is 4.99 Å². The van der Waals surface area contributed by atoms with Crippen LogP contribution in [0.1, 0.15) is 31.2 Å². The number of carbonyl (C=O) groups is 1. The van der Waals surface area contributed by atoms with Gasteiger partial charge in [0.15, 0.2) is 16.3 Å². The summed E-state index contributed by atoms with van der Waals surface area (Å²) in [5.74, 6) is 1.56. The van der Waals surface area contributed by atoms with Gasteiger partial charge in [0, 0.05) is 12.1 Å². The number of methoxy groups -OCH3 is 1. The van der Waals surface area contributed by atoms with Crippen molar-refractivity contribution in [2.45, 2.75) is 19.9 Å². The van der Waals surface area contributed by atoms with E-state index in [4.69, 9.17) is 23.4 Å². The zero-order valence-electron chi connectivity index (χ0n) is 22.6. The molecule has 42 heavy (non-hydrogen) atoms. The van der Waals surface area contributed by atoms with Gasteiger partial charge in [-0.15, -0.1) is 0 Å². The van der Waals surface area contributed by atoms with Gasteiger partial charge in [0.25, 0.3) is 11.2 Å². The fourth-order valence-corrected chi connectivity index (χ4v) is 5.92. The third-order valence-electron chi connectivity index (χ3n) is 6.79. The Labute approximate surface area is 241 Å². The lowest BCUT2D eigenvalue weighted by molar-refractivity contribution is -0.384. The Morgan fingerprint density at radius 2 is 2.00 bits per heavy atom. The molecule has 0 saturated carbocycles. The first-order valence-electron chi connectivity index (χ1n) is 12.8. The normalized spacial score (nSPS) is 15.8. The van der Waals surface area contributed by atoms with Crippen molar-refractivity contribution in [1.29, 1.82) is 0 Å². The Hall–Kier alpha value is -5.17. The molecular weight excluding hydrogens is 566 g/mol. The van der Waals surface area contributed by atoms with Gasteiger partial charge >= 0.3 is 5.97 Å².